The van der Waals surface area contributed by atoms with Crippen LogP contribution < -0.4 is 0 Å². The molecule has 0 fully saturated rings. The molecule has 0 amide bonds. The Labute approximate surface area is 86.3 Å². The van der Waals surface area contributed by atoms with Crippen molar-refractivity contribution in [2.45, 2.75) is 24.1 Å². The van der Waals surface area contributed by atoms with Crippen LogP contribution in [-0.2, 0) is 0 Å². The predicted octanol–water partition coefficient (Wildman–Crippen LogP) is 3.49. The highest BCUT2D eigenvalue weighted by atomic mass is 79.9. The standard InChI is InChI=1S/C11H11BrO/c12-10-6-3-7-11(13)9-5-2-1-4-8(9)10/h1-2,4-5,10H,3,6-7H2. The summed E-state index contributed by atoms with van der Waals surface area (Å²) >= 11 is 3.61. The lowest BCUT2D eigenvalue weighted by Crippen LogP contribution is -1.99. The van der Waals surface area contributed by atoms with Crippen LogP contribution in [-0.4, -0.2) is 5.78 Å². The lowest BCUT2D eigenvalue weighted by atomic mass is 10.0. The molecule has 1 atom stereocenters. The number of fused-ring (bicyclic) bond motifs is 1. The number of halogens is 1. The average Bonchev–Trinajstić information content (AvgIpc) is 2.29. The Bertz CT molecular complexity index is 333. The molecule has 0 bridgehead atoms. The van der Waals surface area contributed by atoms with Gasteiger partial charge in [-0.1, -0.05) is 40.2 Å². The zero-order valence-electron chi connectivity index (χ0n) is 7.29. The molecule has 0 heterocycles. The molecule has 2 heteroatoms. The molecule has 0 spiro atoms. The highest BCUT2D eigenvalue weighted by Gasteiger charge is 2.20. The highest BCUT2D eigenvalue weighted by molar-refractivity contribution is 9.09. The molecular formula is C11H11BrO. The molecule has 1 unspecified atom stereocenters. The second kappa shape index (κ2) is 3.62. The van der Waals surface area contributed by atoms with Gasteiger partial charge < -0.3 is 0 Å². The van der Waals surface area contributed by atoms with Crippen LogP contribution in [0, 0.1) is 0 Å². The van der Waals surface area contributed by atoms with Crippen molar-refractivity contribution in [2.75, 3.05) is 0 Å². The quantitative estimate of drug-likeness (QED) is 0.500. The fourth-order valence-electron chi connectivity index (χ4n) is 1.76. The van der Waals surface area contributed by atoms with Gasteiger partial charge in [-0.15, -0.1) is 0 Å². The van der Waals surface area contributed by atoms with Gasteiger partial charge in [0.2, 0.25) is 0 Å². The van der Waals surface area contributed by atoms with Gasteiger partial charge in [0.05, 0.1) is 0 Å². The first-order valence-electron chi connectivity index (χ1n) is 4.55. The molecule has 1 nitrogen and oxygen atoms in total. The molecule has 1 aromatic rings. The SMILES string of the molecule is O=C1CCCC(Br)c2ccccc21. The molecule has 1 aliphatic rings. The van der Waals surface area contributed by atoms with E-state index in [-0.39, 0.29) is 5.78 Å². The summed E-state index contributed by atoms with van der Waals surface area (Å²) in [5.41, 5.74) is 2.06. The molecule has 0 aliphatic heterocycles. The number of rotatable bonds is 0. The van der Waals surface area contributed by atoms with E-state index in [2.05, 4.69) is 15.9 Å². The first-order chi connectivity index (χ1) is 6.29. The van der Waals surface area contributed by atoms with Crippen LogP contribution in [0.2, 0.25) is 0 Å². The van der Waals surface area contributed by atoms with Crippen molar-refractivity contribution in [3.63, 3.8) is 0 Å². The zero-order valence-corrected chi connectivity index (χ0v) is 8.88. The van der Waals surface area contributed by atoms with Gasteiger partial charge in [0.25, 0.3) is 0 Å². The number of alkyl halides is 1. The molecule has 0 N–H and O–H groups in total. The summed E-state index contributed by atoms with van der Waals surface area (Å²) in [6.45, 7) is 0. The molecule has 68 valence electrons. The van der Waals surface area contributed by atoms with E-state index in [9.17, 15) is 4.79 Å². The number of ketones is 1. The molecule has 0 saturated carbocycles. The van der Waals surface area contributed by atoms with Crippen molar-refractivity contribution in [2.24, 2.45) is 0 Å². The molecule has 1 aromatic carbocycles. The van der Waals surface area contributed by atoms with E-state index in [0.717, 1.165) is 24.0 Å². The van der Waals surface area contributed by atoms with E-state index in [1.54, 1.807) is 0 Å². The number of benzene rings is 1. The Kier molecular flexibility index (Phi) is 2.49. The summed E-state index contributed by atoms with van der Waals surface area (Å²) in [6.07, 6.45) is 2.74. The van der Waals surface area contributed by atoms with E-state index < -0.39 is 0 Å². The third kappa shape index (κ3) is 1.68. The van der Waals surface area contributed by atoms with Crippen LogP contribution in [0.15, 0.2) is 24.3 Å². The van der Waals surface area contributed by atoms with Gasteiger partial charge in [0, 0.05) is 16.8 Å². The molecule has 13 heavy (non-hydrogen) atoms. The van der Waals surface area contributed by atoms with E-state index in [4.69, 9.17) is 0 Å². The molecule has 0 saturated heterocycles. The maximum absolute atomic E-state index is 11.6. The van der Waals surface area contributed by atoms with Crippen LogP contribution in [0.25, 0.3) is 0 Å². The molecular weight excluding hydrogens is 228 g/mol. The van der Waals surface area contributed by atoms with E-state index >= 15 is 0 Å². The van der Waals surface area contributed by atoms with Gasteiger partial charge in [0.1, 0.15) is 0 Å². The summed E-state index contributed by atoms with van der Waals surface area (Å²) in [7, 11) is 0. The molecule has 2 rings (SSSR count). The maximum atomic E-state index is 11.6. The Morgan fingerprint density at radius 2 is 2.08 bits per heavy atom. The van der Waals surface area contributed by atoms with Crippen LogP contribution in [0.1, 0.15) is 40.0 Å². The van der Waals surface area contributed by atoms with Crippen molar-refractivity contribution in [3.8, 4) is 0 Å². The Balaban J connectivity index is 2.51. The number of hydrogen-bond donors (Lipinski definition) is 0. The topological polar surface area (TPSA) is 17.1 Å². The van der Waals surface area contributed by atoms with Crippen molar-refractivity contribution in [3.05, 3.63) is 35.4 Å². The number of carbonyl (C=O) groups is 1. The normalized spacial score (nSPS) is 22.2. The molecule has 0 radical (unpaired) electrons. The van der Waals surface area contributed by atoms with Gasteiger partial charge >= 0.3 is 0 Å². The van der Waals surface area contributed by atoms with Gasteiger partial charge in [-0.2, -0.15) is 0 Å². The van der Waals surface area contributed by atoms with Crippen molar-refractivity contribution in [1.82, 2.24) is 0 Å². The Hall–Kier alpha value is -0.630. The Morgan fingerprint density at radius 1 is 1.31 bits per heavy atom. The fraction of sp³-hybridized carbons (Fsp3) is 0.364. The second-order valence-corrected chi connectivity index (χ2v) is 4.48. The summed E-state index contributed by atoms with van der Waals surface area (Å²) in [4.78, 5) is 12.0. The smallest absolute Gasteiger partial charge is 0.163 e. The number of hydrogen-bond acceptors (Lipinski definition) is 1. The van der Waals surface area contributed by atoms with E-state index in [1.165, 1.54) is 0 Å². The number of carbonyl (C=O) groups excluding carboxylic acids is 1. The lowest BCUT2D eigenvalue weighted by Gasteiger charge is -2.08. The minimum atomic E-state index is 0.289. The van der Waals surface area contributed by atoms with Crippen LogP contribution in [0.4, 0.5) is 0 Å². The third-order valence-electron chi connectivity index (χ3n) is 2.46. The van der Waals surface area contributed by atoms with Gasteiger partial charge in [0.15, 0.2) is 5.78 Å². The first kappa shape index (κ1) is 8.95. The summed E-state index contributed by atoms with van der Waals surface area (Å²) in [5, 5.41) is 0. The summed E-state index contributed by atoms with van der Waals surface area (Å²) in [5.74, 6) is 0.289. The van der Waals surface area contributed by atoms with Crippen molar-refractivity contribution >= 4 is 21.7 Å². The van der Waals surface area contributed by atoms with Crippen molar-refractivity contribution < 1.29 is 4.79 Å². The fourth-order valence-corrected chi connectivity index (χ4v) is 2.48. The van der Waals surface area contributed by atoms with Crippen LogP contribution >= 0.6 is 15.9 Å². The zero-order chi connectivity index (χ0) is 9.26. The highest BCUT2D eigenvalue weighted by Crippen LogP contribution is 2.34. The van der Waals surface area contributed by atoms with Gasteiger partial charge in [-0.05, 0) is 18.4 Å². The Morgan fingerprint density at radius 3 is 2.92 bits per heavy atom. The largest absolute Gasteiger partial charge is 0.294 e. The van der Waals surface area contributed by atoms with Gasteiger partial charge in [-0.25, -0.2) is 0 Å². The minimum absolute atomic E-state index is 0.289. The van der Waals surface area contributed by atoms with Crippen LogP contribution in [0.5, 0.6) is 0 Å². The third-order valence-corrected chi connectivity index (χ3v) is 3.41. The average molecular weight is 239 g/mol. The van der Waals surface area contributed by atoms with E-state index in [0.29, 0.717) is 11.2 Å². The summed E-state index contributed by atoms with van der Waals surface area (Å²) < 4.78 is 0. The monoisotopic (exact) mass is 238 g/mol. The first-order valence-corrected chi connectivity index (χ1v) is 5.47. The minimum Gasteiger partial charge on any atom is -0.294 e. The predicted molar refractivity (Wildman–Crippen MR) is 56.3 cm³/mol. The maximum Gasteiger partial charge on any atom is 0.163 e. The van der Waals surface area contributed by atoms with Gasteiger partial charge in [-0.3, -0.25) is 4.79 Å². The van der Waals surface area contributed by atoms with E-state index in [1.807, 2.05) is 24.3 Å². The number of Topliss-reactive ketones (excluding diaryl/α,β-unsaturated/α-hetero) is 1. The second-order valence-electron chi connectivity index (χ2n) is 3.37. The molecule has 0 aromatic heterocycles. The lowest BCUT2D eigenvalue weighted by molar-refractivity contribution is 0.0982. The van der Waals surface area contributed by atoms with Crippen molar-refractivity contribution in [1.29, 1.82) is 0 Å². The molecule has 1 aliphatic carbocycles. The van der Waals surface area contributed by atoms with Crippen LogP contribution in [0.3, 0.4) is 0 Å². The summed E-state index contributed by atoms with van der Waals surface area (Å²) in [6, 6.07) is 7.89.